The number of amides is 2. The van der Waals surface area contributed by atoms with Crippen LogP contribution in [0, 0.1) is 11.6 Å². The predicted molar refractivity (Wildman–Crippen MR) is 78.1 cm³/mol. The van der Waals surface area contributed by atoms with Gasteiger partial charge in [-0.2, -0.15) is 0 Å². The number of carbonyl (C=O) groups excluding carboxylic acids is 1. The van der Waals surface area contributed by atoms with Crippen molar-refractivity contribution in [1.29, 1.82) is 0 Å². The summed E-state index contributed by atoms with van der Waals surface area (Å²) < 4.78 is 49.0. The number of nitrogens with one attached hydrogen (secondary N) is 1. The number of hydrogen-bond acceptors (Lipinski definition) is 3. The lowest BCUT2D eigenvalue weighted by Crippen LogP contribution is -2.44. The van der Waals surface area contributed by atoms with Crippen LogP contribution in [0.5, 0.6) is 0 Å². The Morgan fingerprint density at radius 3 is 2.59 bits per heavy atom. The van der Waals surface area contributed by atoms with Crippen LogP contribution in [0.15, 0.2) is 18.2 Å². The molecule has 0 radical (unpaired) electrons. The highest BCUT2D eigenvalue weighted by atomic mass is 32.2. The first-order valence-electron chi connectivity index (χ1n) is 6.88. The van der Waals surface area contributed by atoms with Crippen molar-refractivity contribution in [2.45, 2.75) is 25.4 Å². The SMILES string of the molecule is C[C@@H](NC(=O)N(C)[C@H]1CCS(=O)(=O)C1)c1ccc(F)c(F)c1. The zero-order valence-electron chi connectivity index (χ0n) is 12.3. The molecule has 1 heterocycles. The number of rotatable bonds is 3. The molecule has 1 aliphatic rings. The van der Waals surface area contributed by atoms with E-state index < -0.39 is 33.5 Å². The van der Waals surface area contributed by atoms with Crippen LogP contribution >= 0.6 is 0 Å². The summed E-state index contributed by atoms with van der Waals surface area (Å²) in [5.74, 6) is -1.89. The summed E-state index contributed by atoms with van der Waals surface area (Å²) in [4.78, 5) is 13.5. The van der Waals surface area contributed by atoms with Gasteiger partial charge in [-0.15, -0.1) is 0 Å². The van der Waals surface area contributed by atoms with Crippen molar-refractivity contribution >= 4 is 15.9 Å². The molecule has 0 saturated carbocycles. The summed E-state index contributed by atoms with van der Waals surface area (Å²) in [6.45, 7) is 1.64. The van der Waals surface area contributed by atoms with Gasteiger partial charge in [0.05, 0.1) is 17.5 Å². The Kier molecular flexibility index (Phi) is 4.69. The quantitative estimate of drug-likeness (QED) is 0.919. The molecular formula is C14H18F2N2O3S. The molecule has 1 N–H and O–H groups in total. The normalized spacial score (nSPS) is 21.4. The zero-order valence-corrected chi connectivity index (χ0v) is 13.2. The summed E-state index contributed by atoms with van der Waals surface area (Å²) in [5.41, 5.74) is 0.430. The van der Waals surface area contributed by atoms with Gasteiger partial charge in [0.25, 0.3) is 0 Å². The van der Waals surface area contributed by atoms with Crippen LogP contribution in [0.1, 0.15) is 24.9 Å². The molecule has 2 rings (SSSR count). The first kappa shape index (κ1) is 16.7. The van der Waals surface area contributed by atoms with Crippen molar-refractivity contribution in [2.24, 2.45) is 0 Å². The number of carbonyl (C=O) groups is 1. The molecule has 1 aromatic carbocycles. The maximum absolute atomic E-state index is 13.2. The number of halogens is 2. The molecule has 0 spiro atoms. The standard InChI is InChI=1S/C14H18F2N2O3S/c1-9(10-3-4-12(15)13(16)7-10)17-14(19)18(2)11-5-6-22(20,21)8-11/h3-4,7,9,11H,5-6,8H2,1-2H3,(H,17,19)/t9-,11+/m1/s1. The average molecular weight is 332 g/mol. The minimum atomic E-state index is -3.08. The third-order valence-electron chi connectivity index (χ3n) is 3.86. The van der Waals surface area contributed by atoms with E-state index in [1.54, 1.807) is 6.92 Å². The molecule has 122 valence electrons. The van der Waals surface area contributed by atoms with E-state index in [0.29, 0.717) is 12.0 Å². The number of hydrogen-bond donors (Lipinski definition) is 1. The van der Waals surface area contributed by atoms with Crippen LogP contribution in [0.2, 0.25) is 0 Å². The van der Waals surface area contributed by atoms with Crippen LogP contribution < -0.4 is 5.32 Å². The Bertz CT molecular complexity index is 679. The Morgan fingerprint density at radius 2 is 2.05 bits per heavy atom. The van der Waals surface area contributed by atoms with Crippen LogP contribution in [0.3, 0.4) is 0 Å². The minimum absolute atomic E-state index is 0.0452. The molecule has 1 saturated heterocycles. The second-order valence-corrected chi connectivity index (χ2v) is 7.74. The predicted octanol–water partition coefficient (Wildman–Crippen LogP) is 1.85. The first-order chi connectivity index (χ1) is 10.2. The molecule has 1 fully saturated rings. The molecular weight excluding hydrogens is 314 g/mol. The van der Waals surface area contributed by atoms with Gasteiger partial charge in [0.15, 0.2) is 21.5 Å². The first-order valence-corrected chi connectivity index (χ1v) is 8.70. The third-order valence-corrected chi connectivity index (χ3v) is 5.61. The van der Waals surface area contributed by atoms with E-state index in [9.17, 15) is 22.0 Å². The van der Waals surface area contributed by atoms with Gasteiger partial charge < -0.3 is 10.2 Å². The van der Waals surface area contributed by atoms with Crippen molar-refractivity contribution in [1.82, 2.24) is 10.2 Å². The molecule has 1 aromatic rings. The largest absolute Gasteiger partial charge is 0.331 e. The number of urea groups is 1. The van der Waals surface area contributed by atoms with Gasteiger partial charge in [-0.3, -0.25) is 0 Å². The fraction of sp³-hybridized carbons (Fsp3) is 0.500. The highest BCUT2D eigenvalue weighted by molar-refractivity contribution is 7.91. The van der Waals surface area contributed by atoms with E-state index in [2.05, 4.69) is 5.32 Å². The Hall–Kier alpha value is -1.70. The zero-order chi connectivity index (χ0) is 16.5. The van der Waals surface area contributed by atoms with E-state index in [4.69, 9.17) is 0 Å². The number of sulfone groups is 1. The topological polar surface area (TPSA) is 66.5 Å². The molecule has 8 heteroatoms. The summed E-state index contributed by atoms with van der Waals surface area (Å²) in [7, 11) is -1.55. The fourth-order valence-corrected chi connectivity index (χ4v) is 4.17. The molecule has 0 aliphatic carbocycles. The Labute approximate surface area is 128 Å². The van der Waals surface area contributed by atoms with Crippen LogP contribution in [0.4, 0.5) is 13.6 Å². The lowest BCUT2D eigenvalue weighted by molar-refractivity contribution is 0.192. The maximum atomic E-state index is 13.2. The van der Waals surface area contributed by atoms with E-state index >= 15 is 0 Å². The Morgan fingerprint density at radius 1 is 1.36 bits per heavy atom. The molecule has 2 amide bonds. The highest BCUT2D eigenvalue weighted by Gasteiger charge is 2.33. The summed E-state index contributed by atoms with van der Waals surface area (Å²) in [6.07, 6.45) is 0.409. The minimum Gasteiger partial charge on any atom is -0.331 e. The molecule has 2 atom stereocenters. The molecule has 0 bridgehead atoms. The smallest absolute Gasteiger partial charge is 0.317 e. The van der Waals surface area contributed by atoms with Gasteiger partial charge in [-0.05, 0) is 31.0 Å². The molecule has 1 aliphatic heterocycles. The van der Waals surface area contributed by atoms with E-state index in [0.717, 1.165) is 12.1 Å². The number of nitrogens with zero attached hydrogens (tertiary/aromatic N) is 1. The van der Waals surface area contributed by atoms with Gasteiger partial charge in [0.1, 0.15) is 0 Å². The number of benzene rings is 1. The van der Waals surface area contributed by atoms with E-state index in [-0.39, 0.29) is 17.5 Å². The summed E-state index contributed by atoms with van der Waals surface area (Å²) in [6, 6.07) is 2.09. The van der Waals surface area contributed by atoms with E-state index in [1.807, 2.05) is 0 Å². The molecule has 0 aromatic heterocycles. The van der Waals surface area contributed by atoms with Crippen LogP contribution in [-0.4, -0.2) is 43.9 Å². The van der Waals surface area contributed by atoms with Gasteiger partial charge in [-0.1, -0.05) is 6.07 Å². The van der Waals surface area contributed by atoms with E-state index in [1.165, 1.54) is 18.0 Å². The molecule has 22 heavy (non-hydrogen) atoms. The average Bonchev–Trinajstić information content (AvgIpc) is 2.81. The van der Waals surface area contributed by atoms with Gasteiger partial charge in [-0.25, -0.2) is 22.0 Å². The lowest BCUT2D eigenvalue weighted by atomic mass is 10.1. The second-order valence-electron chi connectivity index (χ2n) is 5.51. The maximum Gasteiger partial charge on any atom is 0.317 e. The molecule has 5 nitrogen and oxygen atoms in total. The summed E-state index contributed by atoms with van der Waals surface area (Å²) >= 11 is 0. The monoisotopic (exact) mass is 332 g/mol. The van der Waals surface area contributed by atoms with Gasteiger partial charge in [0, 0.05) is 13.1 Å². The van der Waals surface area contributed by atoms with Crippen LogP contribution in [-0.2, 0) is 9.84 Å². The fourth-order valence-electron chi connectivity index (χ4n) is 2.40. The van der Waals surface area contributed by atoms with Crippen molar-refractivity contribution < 1.29 is 22.0 Å². The highest BCUT2D eigenvalue weighted by Crippen LogP contribution is 2.19. The van der Waals surface area contributed by atoms with Gasteiger partial charge in [0.2, 0.25) is 0 Å². The van der Waals surface area contributed by atoms with Crippen molar-refractivity contribution in [2.75, 3.05) is 18.6 Å². The Balaban J connectivity index is 2.00. The van der Waals surface area contributed by atoms with Gasteiger partial charge >= 0.3 is 6.03 Å². The molecule has 0 unspecified atom stereocenters. The second kappa shape index (κ2) is 6.20. The van der Waals surface area contributed by atoms with Crippen molar-refractivity contribution in [3.63, 3.8) is 0 Å². The lowest BCUT2D eigenvalue weighted by Gasteiger charge is -2.26. The van der Waals surface area contributed by atoms with Crippen LogP contribution in [0.25, 0.3) is 0 Å². The van der Waals surface area contributed by atoms with Crippen molar-refractivity contribution in [3.05, 3.63) is 35.4 Å². The summed E-state index contributed by atoms with van der Waals surface area (Å²) in [5, 5.41) is 2.65. The third kappa shape index (κ3) is 3.73. The van der Waals surface area contributed by atoms with Crippen molar-refractivity contribution in [3.8, 4) is 0 Å².